The molecule has 0 N–H and O–H groups in total. The Hall–Kier alpha value is -3.06. The van der Waals surface area contributed by atoms with Gasteiger partial charge in [-0.05, 0) is 6.07 Å². The molecule has 10 heteroatoms. The van der Waals surface area contributed by atoms with Crippen molar-refractivity contribution in [1.29, 1.82) is 5.26 Å². The number of nitrogens with zero attached hydrogens (tertiary/aromatic N) is 2. The molecule has 0 bridgehead atoms. The topological polar surface area (TPSA) is 91.4 Å². The summed E-state index contributed by atoms with van der Waals surface area (Å²) in [6, 6.07) is 9.69. The lowest BCUT2D eigenvalue weighted by Gasteiger charge is -2.24. The quantitative estimate of drug-likeness (QED) is 0.796. The molecule has 0 amide bonds. The van der Waals surface area contributed by atoms with E-state index in [2.05, 4.69) is 0 Å². The molecule has 0 aromatic carbocycles. The third kappa shape index (κ3) is 2.76. The summed E-state index contributed by atoms with van der Waals surface area (Å²) in [5.41, 5.74) is -6.20. The van der Waals surface area contributed by atoms with Crippen LogP contribution in [-0.4, -0.2) is 18.2 Å². The van der Waals surface area contributed by atoms with E-state index in [9.17, 15) is 31.6 Å². The highest BCUT2D eigenvalue weighted by Crippen LogP contribution is 2.37. The van der Waals surface area contributed by atoms with Gasteiger partial charge >= 0.3 is 21.2 Å². The summed E-state index contributed by atoms with van der Waals surface area (Å²) in [7, 11) is -5.68. The average Bonchev–Trinajstić information content (AvgIpc) is 2.73. The number of sulfonamides is 1. The Morgan fingerprint density at radius 3 is 2.54 bits per heavy atom. The summed E-state index contributed by atoms with van der Waals surface area (Å²) in [5.74, 6) is -0.790. The average molecular weight is 382 g/mol. The molecule has 1 atom stereocenters. The molecule has 134 valence electrons. The smallest absolute Gasteiger partial charge is 0.422 e. The van der Waals surface area contributed by atoms with Gasteiger partial charge in [0.15, 0.2) is 0 Å². The highest BCUT2D eigenvalue weighted by atomic mass is 32.2. The maximum atomic E-state index is 12.7. The minimum atomic E-state index is -5.68. The van der Waals surface area contributed by atoms with Gasteiger partial charge in [0.1, 0.15) is 5.76 Å². The van der Waals surface area contributed by atoms with Crippen LogP contribution in [0.3, 0.4) is 0 Å². The van der Waals surface area contributed by atoms with Crippen molar-refractivity contribution in [2.75, 3.05) is 0 Å². The fourth-order valence-electron chi connectivity index (χ4n) is 2.56. The van der Waals surface area contributed by atoms with Crippen molar-refractivity contribution >= 4 is 10.0 Å². The molecule has 0 saturated carbocycles. The van der Waals surface area contributed by atoms with Crippen LogP contribution < -0.4 is 5.63 Å². The van der Waals surface area contributed by atoms with Crippen LogP contribution in [0, 0.1) is 11.3 Å². The standard InChI is InChI=1S/C16H9F3N2O4S/c17-16(18,19)26(23,24)21-7-6-11(10(8-20)9-21)14-12-4-2-1-3-5-13(12)25-15(14)22/h1-7,9,11H. The molecule has 2 aliphatic heterocycles. The molecule has 1 aliphatic carbocycles. The van der Waals surface area contributed by atoms with Crippen molar-refractivity contribution < 1.29 is 26.0 Å². The zero-order valence-electron chi connectivity index (χ0n) is 12.8. The van der Waals surface area contributed by atoms with Crippen LogP contribution in [0.25, 0.3) is 11.3 Å². The highest BCUT2D eigenvalue weighted by Gasteiger charge is 2.49. The highest BCUT2D eigenvalue weighted by molar-refractivity contribution is 7.90. The summed E-state index contributed by atoms with van der Waals surface area (Å²) in [6.45, 7) is 0. The Labute approximate surface area is 145 Å². The molecule has 0 aromatic rings. The van der Waals surface area contributed by atoms with Gasteiger partial charge in [0.05, 0.1) is 17.2 Å². The summed E-state index contributed by atoms with van der Waals surface area (Å²) < 4.78 is 66.1. The van der Waals surface area contributed by atoms with Crippen LogP contribution in [0.5, 0.6) is 0 Å². The van der Waals surface area contributed by atoms with Crippen molar-refractivity contribution in [1.82, 2.24) is 4.31 Å². The number of fused-ring (bicyclic) bond motifs is 1. The maximum absolute atomic E-state index is 12.7. The largest absolute Gasteiger partial charge is 0.517 e. The number of hydrogen-bond acceptors (Lipinski definition) is 5. The van der Waals surface area contributed by atoms with E-state index >= 15 is 0 Å². The lowest BCUT2D eigenvalue weighted by molar-refractivity contribution is -0.0468. The molecule has 0 radical (unpaired) electrons. The van der Waals surface area contributed by atoms with Gasteiger partial charge in [-0.25, -0.2) is 9.10 Å². The van der Waals surface area contributed by atoms with E-state index in [4.69, 9.17) is 4.42 Å². The number of furan rings is 1. The third-order valence-electron chi connectivity index (χ3n) is 3.75. The Bertz CT molecular complexity index is 1090. The molecule has 0 spiro atoms. The lowest BCUT2D eigenvalue weighted by Crippen LogP contribution is -2.36. The van der Waals surface area contributed by atoms with Crippen molar-refractivity contribution in [3.63, 3.8) is 0 Å². The van der Waals surface area contributed by atoms with Crippen LogP contribution in [0.2, 0.25) is 0 Å². The van der Waals surface area contributed by atoms with E-state index in [0.29, 0.717) is 18.0 Å². The van der Waals surface area contributed by atoms with Gasteiger partial charge in [-0.3, -0.25) is 0 Å². The van der Waals surface area contributed by atoms with Crippen molar-refractivity contribution in [3.05, 3.63) is 70.4 Å². The first-order valence-corrected chi connectivity index (χ1v) is 8.52. The monoisotopic (exact) mass is 382 g/mol. The number of halogens is 3. The predicted molar refractivity (Wildman–Crippen MR) is 84.0 cm³/mol. The number of rotatable bonds is 2. The van der Waals surface area contributed by atoms with Gasteiger partial charge in [0.2, 0.25) is 0 Å². The second-order valence-electron chi connectivity index (χ2n) is 5.29. The van der Waals surface area contributed by atoms with Gasteiger partial charge in [-0.1, -0.05) is 30.3 Å². The maximum Gasteiger partial charge on any atom is 0.517 e. The summed E-state index contributed by atoms with van der Waals surface area (Å²) in [5, 5.41) is 9.27. The van der Waals surface area contributed by atoms with Gasteiger partial charge in [0.25, 0.3) is 0 Å². The first kappa shape index (κ1) is 17.8. The molecule has 26 heavy (non-hydrogen) atoms. The summed E-state index contributed by atoms with van der Waals surface area (Å²) >= 11 is 0. The number of hydrogen-bond donors (Lipinski definition) is 0. The van der Waals surface area contributed by atoms with Crippen LogP contribution >= 0.6 is 0 Å². The van der Waals surface area contributed by atoms with Crippen molar-refractivity contribution in [3.8, 4) is 17.4 Å². The second kappa shape index (κ2) is 6.03. The normalized spacial score (nSPS) is 17.8. The van der Waals surface area contributed by atoms with Crippen LogP contribution in [0.15, 0.2) is 63.6 Å². The molecule has 0 aromatic heterocycles. The minimum Gasteiger partial charge on any atom is -0.422 e. The number of nitriles is 1. The first-order valence-electron chi connectivity index (χ1n) is 7.08. The van der Waals surface area contributed by atoms with Gasteiger partial charge in [0, 0.05) is 23.9 Å². The molecular formula is C16H9F3N2O4S. The van der Waals surface area contributed by atoms with E-state index in [1.165, 1.54) is 6.07 Å². The van der Waals surface area contributed by atoms with E-state index in [1.54, 1.807) is 30.3 Å². The minimum absolute atomic E-state index is 0.0457. The Kier molecular flexibility index (Phi) is 4.12. The summed E-state index contributed by atoms with van der Waals surface area (Å²) in [4.78, 5) is 12.2. The van der Waals surface area contributed by atoms with E-state index in [-0.39, 0.29) is 21.2 Å². The van der Waals surface area contributed by atoms with Crippen molar-refractivity contribution in [2.45, 2.75) is 11.4 Å². The fourth-order valence-corrected chi connectivity index (χ4v) is 3.28. The fraction of sp³-hybridized carbons (Fsp3) is 0.125. The molecule has 0 saturated heterocycles. The van der Waals surface area contributed by atoms with Crippen LogP contribution in [-0.2, 0) is 10.0 Å². The molecule has 3 aliphatic rings. The molecule has 6 nitrogen and oxygen atoms in total. The van der Waals surface area contributed by atoms with E-state index in [0.717, 1.165) is 6.08 Å². The third-order valence-corrected chi connectivity index (χ3v) is 5.12. The zero-order valence-corrected chi connectivity index (χ0v) is 13.6. The predicted octanol–water partition coefficient (Wildman–Crippen LogP) is 2.91. The SMILES string of the molecule is N#CC1=CN(S(=O)(=O)C(F)(F)F)C=CC1c1c2cccccc-2oc1=O. The lowest BCUT2D eigenvalue weighted by atomic mass is 9.89. The van der Waals surface area contributed by atoms with E-state index < -0.39 is 27.1 Å². The van der Waals surface area contributed by atoms with Gasteiger partial charge in [-0.15, -0.1) is 0 Å². The van der Waals surface area contributed by atoms with Crippen molar-refractivity contribution in [2.24, 2.45) is 0 Å². The Balaban J connectivity index is 2.11. The van der Waals surface area contributed by atoms with E-state index in [1.807, 2.05) is 0 Å². The van der Waals surface area contributed by atoms with Gasteiger partial charge in [-0.2, -0.15) is 26.9 Å². The molecule has 0 fully saturated rings. The molecule has 3 rings (SSSR count). The summed E-state index contributed by atoms with van der Waals surface area (Å²) in [6.07, 6.45) is 2.25. The zero-order chi connectivity index (χ0) is 19.1. The van der Waals surface area contributed by atoms with Crippen LogP contribution in [0.4, 0.5) is 13.2 Å². The second-order valence-corrected chi connectivity index (χ2v) is 7.12. The molecular weight excluding hydrogens is 373 g/mol. The molecule has 2 heterocycles. The van der Waals surface area contributed by atoms with Crippen LogP contribution in [0.1, 0.15) is 11.5 Å². The number of allylic oxidation sites excluding steroid dienone is 2. The Morgan fingerprint density at radius 2 is 1.88 bits per heavy atom. The number of alkyl halides is 3. The first-order chi connectivity index (χ1) is 12.2. The van der Waals surface area contributed by atoms with Gasteiger partial charge < -0.3 is 4.42 Å². The molecule has 1 unspecified atom stereocenters. The Morgan fingerprint density at radius 1 is 1.19 bits per heavy atom.